The van der Waals surface area contributed by atoms with Crippen molar-refractivity contribution in [2.24, 2.45) is 21.6 Å². The fourth-order valence-electron chi connectivity index (χ4n) is 4.21. The number of allylic oxidation sites excluding steroid dienone is 2. The number of halogens is 1. The molecule has 0 amide bonds. The minimum absolute atomic E-state index is 0.175. The Morgan fingerprint density at radius 1 is 1.31 bits per heavy atom. The molecule has 2 unspecified atom stereocenters. The number of Topliss-reactive ketones (excluding diaryl/α,β-unsaturated/α-hetero) is 1. The molecule has 0 bridgehead atoms. The van der Waals surface area contributed by atoms with Crippen molar-refractivity contribution in [3.63, 3.8) is 0 Å². The van der Waals surface area contributed by atoms with E-state index >= 15 is 0 Å². The highest BCUT2D eigenvalue weighted by Gasteiger charge is 2.26. The number of hydrogen-bond acceptors (Lipinski definition) is 5. The summed E-state index contributed by atoms with van der Waals surface area (Å²) in [6.07, 6.45) is 13.4. The summed E-state index contributed by atoms with van der Waals surface area (Å²) in [5.74, 6) is 0.478. The number of nitrogens with zero attached hydrogens (tertiary/aromatic N) is 4. The molecule has 2 atom stereocenters. The molecule has 4 rings (SSSR count). The summed E-state index contributed by atoms with van der Waals surface area (Å²) in [5, 5.41) is 4.62. The first-order chi connectivity index (χ1) is 15.6. The van der Waals surface area contributed by atoms with E-state index in [1.165, 1.54) is 0 Å². The quantitative estimate of drug-likeness (QED) is 0.422. The lowest BCUT2D eigenvalue weighted by atomic mass is 9.83. The number of carbonyl (C=O) groups is 1. The Bertz CT molecular complexity index is 1150. The Morgan fingerprint density at radius 2 is 2.19 bits per heavy atom. The summed E-state index contributed by atoms with van der Waals surface area (Å²) in [6.45, 7) is 1.71. The highest BCUT2D eigenvalue weighted by Crippen LogP contribution is 2.33. The zero-order valence-electron chi connectivity index (χ0n) is 18.4. The van der Waals surface area contributed by atoms with Gasteiger partial charge in [-0.05, 0) is 41.8 Å². The van der Waals surface area contributed by atoms with Crippen LogP contribution in [0, 0.1) is 5.92 Å². The van der Waals surface area contributed by atoms with Crippen LogP contribution in [0.4, 0.5) is 0 Å². The molecule has 1 fully saturated rings. The Morgan fingerprint density at radius 3 is 2.91 bits per heavy atom. The Hall–Kier alpha value is -2.68. The smallest absolute Gasteiger partial charge is 0.132 e. The number of ketones is 1. The maximum atomic E-state index is 11.8. The molecule has 1 aromatic carbocycles. The summed E-state index contributed by atoms with van der Waals surface area (Å²) in [4.78, 5) is 20.7. The lowest BCUT2D eigenvalue weighted by Crippen LogP contribution is -2.23. The predicted octanol–water partition coefficient (Wildman–Crippen LogP) is 4.78. The van der Waals surface area contributed by atoms with E-state index < -0.39 is 0 Å². The lowest BCUT2D eigenvalue weighted by Gasteiger charge is -2.27. The molecule has 1 aliphatic carbocycles. The molecule has 32 heavy (non-hydrogen) atoms. The molecule has 7 heteroatoms. The Kier molecular flexibility index (Phi) is 7.24. The van der Waals surface area contributed by atoms with E-state index in [0.29, 0.717) is 11.8 Å². The van der Waals surface area contributed by atoms with Crippen LogP contribution in [0.25, 0.3) is 11.1 Å². The number of nitrogens with two attached hydrogens (primary N) is 1. The fourth-order valence-corrected chi connectivity index (χ4v) is 6.35. The van der Waals surface area contributed by atoms with Crippen LogP contribution in [-0.2, 0) is 4.79 Å². The summed E-state index contributed by atoms with van der Waals surface area (Å²) in [5.41, 5.74) is 11.0. The lowest BCUT2D eigenvalue weighted by molar-refractivity contribution is -0.122. The molecule has 0 radical (unpaired) electrons. The average molecular weight is 541 g/mol. The zero-order valence-corrected chi connectivity index (χ0v) is 20.6. The van der Waals surface area contributed by atoms with Crippen molar-refractivity contribution in [1.29, 1.82) is 0 Å². The minimum Gasteiger partial charge on any atom is -0.404 e. The van der Waals surface area contributed by atoms with Gasteiger partial charge < -0.3 is 5.73 Å². The number of benzene rings is 1. The van der Waals surface area contributed by atoms with E-state index in [1.54, 1.807) is 26.4 Å². The molecule has 166 valence electrons. The maximum absolute atomic E-state index is 11.8. The van der Waals surface area contributed by atoms with Crippen LogP contribution in [-0.4, -0.2) is 36.6 Å². The van der Waals surface area contributed by atoms with Gasteiger partial charge in [-0.1, -0.05) is 45.4 Å². The fraction of sp³-hybridized carbons (Fsp3) is 0.320. The van der Waals surface area contributed by atoms with Gasteiger partial charge in [-0.3, -0.25) is 14.5 Å². The third-order valence-corrected chi connectivity index (χ3v) is 8.48. The van der Waals surface area contributed by atoms with Gasteiger partial charge in [0.05, 0.1) is 12.2 Å². The molecule has 2 heterocycles. The summed E-state index contributed by atoms with van der Waals surface area (Å²) >= 11 is -0.373. The van der Waals surface area contributed by atoms with Gasteiger partial charge in [-0.2, -0.15) is 5.10 Å². The second-order valence-electron chi connectivity index (χ2n) is 8.15. The topological polar surface area (TPSA) is 85.6 Å². The van der Waals surface area contributed by atoms with Gasteiger partial charge in [0.2, 0.25) is 0 Å². The van der Waals surface area contributed by atoms with Gasteiger partial charge in [0.1, 0.15) is 9.50 Å². The Labute approximate surface area is 198 Å². The van der Waals surface area contributed by atoms with Gasteiger partial charge in [-0.25, -0.2) is 4.99 Å². The van der Waals surface area contributed by atoms with Crippen molar-refractivity contribution in [2.75, 3.05) is 7.05 Å². The largest absolute Gasteiger partial charge is 0.404 e. The van der Waals surface area contributed by atoms with Crippen LogP contribution in [0.1, 0.15) is 55.3 Å². The molecule has 1 aromatic heterocycles. The van der Waals surface area contributed by atoms with Gasteiger partial charge in [-0.15, -0.1) is 0 Å². The van der Waals surface area contributed by atoms with Crippen molar-refractivity contribution >= 4 is 51.6 Å². The summed E-state index contributed by atoms with van der Waals surface area (Å²) in [7, 11) is 1.74. The second-order valence-corrected chi connectivity index (χ2v) is 10.4. The van der Waals surface area contributed by atoms with Gasteiger partial charge in [0.25, 0.3) is 0 Å². The van der Waals surface area contributed by atoms with Crippen LogP contribution in [0.2, 0.25) is 0 Å². The summed E-state index contributed by atoms with van der Waals surface area (Å²) in [6, 6.07) is 8.60. The third-order valence-electron chi connectivity index (χ3n) is 6.00. The maximum Gasteiger partial charge on any atom is 0.132 e. The molecule has 0 saturated heterocycles. The third kappa shape index (κ3) is 5.03. The number of aromatic nitrogens is 2. The number of carbonyl (C=O) groups excluding carboxylic acids is 1. The van der Waals surface area contributed by atoms with Crippen molar-refractivity contribution in [3.05, 3.63) is 65.7 Å². The molecule has 2 aliphatic rings. The summed E-state index contributed by atoms with van der Waals surface area (Å²) < 4.78 is 5.49. The average Bonchev–Trinajstić information content (AvgIpc) is 3.33. The van der Waals surface area contributed by atoms with Crippen LogP contribution in [0.5, 0.6) is 0 Å². The van der Waals surface area contributed by atoms with E-state index in [1.807, 2.05) is 24.5 Å². The van der Waals surface area contributed by atoms with Crippen LogP contribution >= 0.6 is 20.7 Å². The van der Waals surface area contributed by atoms with Crippen LogP contribution in [0.3, 0.4) is 0 Å². The molecule has 6 nitrogen and oxygen atoms in total. The number of rotatable bonds is 6. The Balaban J connectivity index is 1.51. The van der Waals surface area contributed by atoms with Crippen molar-refractivity contribution in [2.45, 2.75) is 38.6 Å². The van der Waals surface area contributed by atoms with Crippen molar-refractivity contribution in [1.82, 2.24) is 9.78 Å². The standard InChI is InChI=1S/C25H28IN5O/c1-17(32)18-5-4-8-24(10-18)31-16-23(15-30-31)21-11-26-25(29-14-21)20-7-3-6-19(9-20)22(12-27)13-28-2/h3,6-7,9,11-16,18,24H,4-5,8,10,27H2,1-2H3. The minimum atomic E-state index is -0.373. The molecule has 1 saturated carbocycles. The molecule has 0 spiro atoms. The van der Waals surface area contributed by atoms with Gasteiger partial charge >= 0.3 is 0 Å². The van der Waals surface area contributed by atoms with Crippen molar-refractivity contribution in [3.8, 4) is 0 Å². The van der Waals surface area contributed by atoms with E-state index in [2.05, 4.69) is 37.1 Å². The second kappa shape index (κ2) is 10.3. The predicted molar refractivity (Wildman–Crippen MR) is 142 cm³/mol. The van der Waals surface area contributed by atoms with E-state index in [-0.39, 0.29) is 26.6 Å². The van der Waals surface area contributed by atoms with Crippen LogP contribution < -0.4 is 5.73 Å². The molecule has 2 N–H and O–H groups in total. The SMILES string of the molecule is CN=CC(=CN)c1cccc(C2=NC=C(c3cnn(C4CCCC(C(C)=O)C4)c3)C=I2)c1. The van der Waals surface area contributed by atoms with Gasteiger partial charge in [0.15, 0.2) is 0 Å². The van der Waals surface area contributed by atoms with E-state index in [0.717, 1.165) is 57.2 Å². The first kappa shape index (κ1) is 22.5. The first-order valence-electron chi connectivity index (χ1n) is 10.8. The van der Waals surface area contributed by atoms with E-state index in [4.69, 9.17) is 10.7 Å². The van der Waals surface area contributed by atoms with E-state index in [9.17, 15) is 4.79 Å². The highest BCUT2D eigenvalue weighted by molar-refractivity contribution is 14.2. The van der Waals surface area contributed by atoms with Crippen molar-refractivity contribution < 1.29 is 4.79 Å². The molecular formula is C25H28IN5O. The van der Waals surface area contributed by atoms with Crippen LogP contribution in [0.15, 0.2) is 59.0 Å². The van der Waals surface area contributed by atoms with Gasteiger partial charge in [0, 0.05) is 60.1 Å². The molecular weight excluding hydrogens is 513 g/mol. The molecule has 2 aromatic rings. The first-order valence-corrected chi connectivity index (χ1v) is 13.2. The number of aliphatic imine (C=N–C) groups is 2. The number of hydrogen-bond donors (Lipinski definition) is 1. The normalized spacial score (nSPS) is 21.8. The zero-order chi connectivity index (χ0) is 22.5. The molecule has 1 aliphatic heterocycles. The monoisotopic (exact) mass is 541 g/mol. The highest BCUT2D eigenvalue weighted by atomic mass is 127.